The Morgan fingerprint density at radius 1 is 1.06 bits per heavy atom. The molecule has 1 fully saturated rings. The molecule has 0 aromatic rings. The number of halogens is 2. The van der Waals surface area contributed by atoms with Crippen molar-refractivity contribution in [1.82, 2.24) is 5.32 Å². The highest BCUT2D eigenvalue weighted by Gasteiger charge is 2.63. The second-order valence-corrected chi connectivity index (χ2v) is 6.95. The van der Waals surface area contributed by atoms with Gasteiger partial charge in [0.1, 0.15) is 12.7 Å². The van der Waals surface area contributed by atoms with Crippen molar-refractivity contribution in [3.05, 3.63) is 0 Å². The van der Waals surface area contributed by atoms with Crippen LogP contribution in [0.4, 0.5) is 8.78 Å². The molecule has 14 heteroatoms. The van der Waals surface area contributed by atoms with E-state index in [1.807, 2.05) is 0 Å². The van der Waals surface area contributed by atoms with E-state index < -0.39 is 78.8 Å². The molecule has 2 unspecified atom stereocenters. The highest BCUT2D eigenvalue weighted by Crippen LogP contribution is 2.36. The lowest BCUT2D eigenvalue weighted by molar-refractivity contribution is -0.280. The predicted molar refractivity (Wildman–Crippen MR) is 98.9 cm³/mol. The fourth-order valence-corrected chi connectivity index (χ4v) is 3.12. The van der Waals surface area contributed by atoms with Crippen molar-refractivity contribution in [1.29, 1.82) is 0 Å². The summed E-state index contributed by atoms with van der Waals surface area (Å²) in [7, 11) is 0.770. The zero-order valence-electron chi connectivity index (χ0n) is 18.1. The van der Waals surface area contributed by atoms with Crippen LogP contribution in [0.25, 0.3) is 0 Å². The van der Waals surface area contributed by atoms with Gasteiger partial charge in [0.25, 0.3) is 0 Å². The average molecular weight is 468 g/mol. The van der Waals surface area contributed by atoms with Gasteiger partial charge in [0, 0.05) is 27.7 Å². The van der Waals surface area contributed by atoms with Crippen LogP contribution >= 0.6 is 0 Å². The molecule has 0 radical (unpaired) electrons. The molecule has 1 heterocycles. The van der Waals surface area contributed by atoms with Crippen molar-refractivity contribution >= 4 is 29.8 Å². The SMILES string of the molecule is COC(=O)[C@]1(F)OC([C@H](OC(C)=O)[C@@H](COC(C)=O)OC(C)=O)[C@H](NC(C)=O)C(N)[C@@H]1F. The Kier molecular flexibility index (Phi) is 9.45. The summed E-state index contributed by atoms with van der Waals surface area (Å²) in [5, 5.41) is 2.25. The van der Waals surface area contributed by atoms with Crippen LogP contribution in [-0.2, 0) is 47.7 Å². The Morgan fingerprint density at radius 2 is 1.62 bits per heavy atom. The zero-order chi connectivity index (χ0) is 24.8. The molecule has 32 heavy (non-hydrogen) atoms. The molecule has 0 aliphatic carbocycles. The molecule has 1 amide bonds. The first kappa shape index (κ1) is 27.2. The molecule has 7 atom stereocenters. The lowest BCUT2D eigenvalue weighted by Gasteiger charge is -2.47. The van der Waals surface area contributed by atoms with E-state index in [2.05, 4.69) is 10.1 Å². The molecule has 1 saturated heterocycles. The summed E-state index contributed by atoms with van der Waals surface area (Å²) in [6, 6.07) is -3.47. The van der Waals surface area contributed by atoms with Crippen molar-refractivity contribution in [3.63, 3.8) is 0 Å². The summed E-state index contributed by atoms with van der Waals surface area (Å²) >= 11 is 0. The van der Waals surface area contributed by atoms with Crippen LogP contribution in [0.2, 0.25) is 0 Å². The Labute approximate surface area is 182 Å². The van der Waals surface area contributed by atoms with Gasteiger partial charge in [-0.2, -0.15) is 4.39 Å². The lowest BCUT2D eigenvalue weighted by atomic mass is 9.86. The molecule has 0 bridgehead atoms. The highest BCUT2D eigenvalue weighted by molar-refractivity contribution is 5.79. The molecule has 3 N–H and O–H groups in total. The molecular formula is C18H26F2N2O10. The standard InChI is InChI=1S/C18H26F2N2O10/c1-7(23)22-13-12(21)16(19)18(20,17(27)28-5)32-15(13)14(31-10(4)26)11(30-9(3)25)6-29-8(2)24/h11-16H,6,21H2,1-5H3,(H,22,23)/t11-,12?,13-,14-,15?,16+,18-/m1/s1. The normalized spacial score (nSPS) is 29.1. The molecule has 0 saturated carbocycles. The van der Waals surface area contributed by atoms with Crippen LogP contribution in [0.15, 0.2) is 0 Å². The van der Waals surface area contributed by atoms with Gasteiger partial charge in [-0.25, -0.2) is 9.18 Å². The number of esters is 4. The summed E-state index contributed by atoms with van der Waals surface area (Å²) in [6.07, 6.45) is -8.09. The summed E-state index contributed by atoms with van der Waals surface area (Å²) in [4.78, 5) is 58.2. The van der Waals surface area contributed by atoms with Gasteiger partial charge in [-0.05, 0) is 0 Å². The van der Waals surface area contributed by atoms with Gasteiger partial charge < -0.3 is 34.7 Å². The van der Waals surface area contributed by atoms with Gasteiger partial charge in [-0.15, -0.1) is 0 Å². The van der Waals surface area contributed by atoms with Crippen molar-refractivity contribution in [2.75, 3.05) is 13.7 Å². The summed E-state index contributed by atoms with van der Waals surface area (Å²) < 4.78 is 54.3. The van der Waals surface area contributed by atoms with E-state index in [-0.39, 0.29) is 0 Å². The van der Waals surface area contributed by atoms with Gasteiger partial charge in [0.15, 0.2) is 18.4 Å². The Hall–Kier alpha value is -2.87. The van der Waals surface area contributed by atoms with Gasteiger partial charge in [-0.3, -0.25) is 19.2 Å². The molecular weight excluding hydrogens is 442 g/mol. The second-order valence-electron chi connectivity index (χ2n) is 6.95. The third-order valence-electron chi connectivity index (χ3n) is 4.36. The van der Waals surface area contributed by atoms with Crippen molar-refractivity contribution in [2.45, 2.75) is 70.1 Å². The first-order chi connectivity index (χ1) is 14.7. The molecule has 0 aromatic heterocycles. The number of rotatable bonds is 8. The second kappa shape index (κ2) is 11.1. The molecule has 1 aliphatic rings. The number of methoxy groups -OCH3 is 1. The van der Waals surface area contributed by atoms with Crippen LogP contribution < -0.4 is 11.1 Å². The Morgan fingerprint density at radius 3 is 2.06 bits per heavy atom. The highest BCUT2D eigenvalue weighted by atomic mass is 19.2. The minimum absolute atomic E-state index is 0.689. The van der Waals surface area contributed by atoms with Crippen LogP contribution in [0, 0.1) is 0 Å². The maximum absolute atomic E-state index is 15.3. The van der Waals surface area contributed by atoms with Gasteiger partial charge in [0.05, 0.1) is 19.2 Å². The summed E-state index contributed by atoms with van der Waals surface area (Å²) in [5.41, 5.74) is 5.77. The third-order valence-corrected chi connectivity index (χ3v) is 4.36. The van der Waals surface area contributed by atoms with Gasteiger partial charge >= 0.3 is 29.7 Å². The topological polar surface area (TPSA) is 170 Å². The maximum Gasteiger partial charge on any atom is 0.375 e. The molecule has 0 spiro atoms. The van der Waals surface area contributed by atoms with Crippen molar-refractivity contribution in [2.24, 2.45) is 5.73 Å². The van der Waals surface area contributed by atoms with Crippen molar-refractivity contribution in [3.8, 4) is 0 Å². The number of carbonyl (C=O) groups excluding carboxylic acids is 5. The third kappa shape index (κ3) is 6.56. The number of amides is 1. The number of nitrogens with two attached hydrogens (primary N) is 1. The molecule has 182 valence electrons. The Bertz CT molecular complexity index is 751. The predicted octanol–water partition coefficient (Wildman–Crippen LogP) is -1.18. The maximum atomic E-state index is 15.3. The van der Waals surface area contributed by atoms with E-state index in [1.54, 1.807) is 0 Å². The van der Waals surface area contributed by atoms with Crippen LogP contribution in [0.1, 0.15) is 27.7 Å². The van der Waals surface area contributed by atoms with E-state index in [1.165, 1.54) is 0 Å². The zero-order valence-corrected chi connectivity index (χ0v) is 18.1. The monoisotopic (exact) mass is 468 g/mol. The van der Waals surface area contributed by atoms with Crippen LogP contribution in [0.5, 0.6) is 0 Å². The molecule has 1 aliphatic heterocycles. The molecule has 1 rings (SSSR count). The summed E-state index contributed by atoms with van der Waals surface area (Å²) in [5.74, 6) is -8.99. The molecule has 12 nitrogen and oxygen atoms in total. The quantitative estimate of drug-likeness (QED) is 0.325. The fourth-order valence-electron chi connectivity index (χ4n) is 3.12. The van der Waals surface area contributed by atoms with E-state index >= 15 is 4.39 Å². The minimum Gasteiger partial charge on any atom is -0.465 e. The number of alkyl halides is 2. The average Bonchev–Trinajstić information content (AvgIpc) is 2.68. The Balaban J connectivity index is 3.56. The first-order valence-electron chi connectivity index (χ1n) is 9.34. The largest absolute Gasteiger partial charge is 0.465 e. The minimum atomic E-state index is -3.76. The first-order valence-corrected chi connectivity index (χ1v) is 9.34. The van der Waals surface area contributed by atoms with E-state index in [4.69, 9.17) is 24.7 Å². The van der Waals surface area contributed by atoms with Crippen molar-refractivity contribution < 1.29 is 56.4 Å². The van der Waals surface area contributed by atoms with Gasteiger partial charge in [-0.1, -0.05) is 0 Å². The number of hydrogen-bond acceptors (Lipinski definition) is 11. The van der Waals surface area contributed by atoms with Crippen LogP contribution in [0.3, 0.4) is 0 Å². The number of hydrogen-bond donors (Lipinski definition) is 2. The fraction of sp³-hybridized carbons (Fsp3) is 0.722. The number of carbonyl (C=O) groups is 5. The lowest BCUT2D eigenvalue weighted by Crippen LogP contribution is -2.73. The van der Waals surface area contributed by atoms with E-state index in [9.17, 15) is 28.4 Å². The smallest absolute Gasteiger partial charge is 0.375 e. The molecule has 0 aromatic carbocycles. The number of ether oxygens (including phenoxy) is 5. The van der Waals surface area contributed by atoms with E-state index in [0.717, 1.165) is 34.8 Å². The van der Waals surface area contributed by atoms with E-state index in [0.29, 0.717) is 0 Å². The van der Waals surface area contributed by atoms with Crippen LogP contribution in [-0.4, -0.2) is 85.9 Å². The number of nitrogens with one attached hydrogen (secondary N) is 1. The summed E-state index contributed by atoms with van der Waals surface area (Å²) in [6.45, 7) is 3.32. The van der Waals surface area contributed by atoms with Gasteiger partial charge in [0.2, 0.25) is 5.91 Å².